The van der Waals surface area contributed by atoms with Crippen LogP contribution in [0.5, 0.6) is 0 Å². The number of hydrogen-bond donors (Lipinski definition) is 0. The minimum atomic E-state index is -1.26. The van der Waals surface area contributed by atoms with Gasteiger partial charge in [-0.1, -0.05) is 74.5 Å². The minimum Gasteiger partial charge on any atom is -0.300 e. The number of imide groups is 1. The highest BCUT2D eigenvalue weighted by Crippen LogP contribution is 2.49. The Morgan fingerprint density at radius 1 is 0.735 bits per heavy atom. The third kappa shape index (κ3) is 3.37. The summed E-state index contributed by atoms with van der Waals surface area (Å²) < 4.78 is 14.9. The summed E-state index contributed by atoms with van der Waals surface area (Å²) in [6.07, 6.45) is 0. The Bertz CT molecular complexity index is 1370. The van der Waals surface area contributed by atoms with E-state index < -0.39 is 35.6 Å². The molecule has 2 atom stereocenters. The number of carbonyl (C=O) groups excluding carboxylic acids is 3. The molecule has 3 amide bonds. The summed E-state index contributed by atoms with van der Waals surface area (Å²) in [5.41, 5.74) is 0.465. The summed E-state index contributed by atoms with van der Waals surface area (Å²) in [5.74, 6) is -2.73. The molecule has 3 aromatic carbocycles. The predicted molar refractivity (Wildman–Crippen MR) is 132 cm³/mol. The van der Waals surface area contributed by atoms with Gasteiger partial charge >= 0.3 is 0 Å². The number of benzene rings is 3. The van der Waals surface area contributed by atoms with Crippen molar-refractivity contribution in [3.63, 3.8) is 0 Å². The predicted octanol–water partition coefficient (Wildman–Crippen LogP) is 6.95. The van der Waals surface area contributed by atoms with E-state index in [1.165, 1.54) is 23.1 Å². The average molecular weight is 603 g/mol. The summed E-state index contributed by atoms with van der Waals surface area (Å²) >= 11 is 28.0. The zero-order chi connectivity index (χ0) is 24.5. The van der Waals surface area contributed by atoms with Crippen LogP contribution < -0.4 is 4.90 Å². The average Bonchev–Trinajstić information content (AvgIpc) is 3.06. The van der Waals surface area contributed by atoms with Gasteiger partial charge < -0.3 is 4.90 Å². The summed E-state index contributed by atoms with van der Waals surface area (Å²) in [6, 6.07) is 10.4. The maximum absolute atomic E-state index is 14.1. The number of hydrogen-bond acceptors (Lipinski definition) is 3. The zero-order valence-electron chi connectivity index (χ0n) is 16.7. The third-order valence-electron chi connectivity index (χ3n) is 5.77. The molecule has 1 saturated heterocycles. The fraction of sp³-hybridized carbons (Fsp3) is 0.0870. The van der Waals surface area contributed by atoms with Crippen LogP contribution >= 0.6 is 62.3 Å². The van der Waals surface area contributed by atoms with Crippen LogP contribution in [0.3, 0.4) is 0 Å². The summed E-state index contributed by atoms with van der Waals surface area (Å²) in [4.78, 5) is 42.3. The lowest BCUT2D eigenvalue weighted by atomic mass is 9.86. The number of β-lactam (4-membered cyclic amide) rings is 1. The first-order valence-electron chi connectivity index (χ1n) is 9.71. The fourth-order valence-corrected chi connectivity index (χ4v) is 5.53. The van der Waals surface area contributed by atoms with Crippen molar-refractivity contribution in [1.82, 2.24) is 4.90 Å². The lowest BCUT2D eigenvalue weighted by Gasteiger charge is -2.49. The van der Waals surface area contributed by atoms with E-state index in [9.17, 15) is 18.8 Å². The second kappa shape index (κ2) is 8.50. The van der Waals surface area contributed by atoms with Crippen LogP contribution in [0.15, 0.2) is 53.0 Å². The molecule has 2 heterocycles. The normalized spacial score (nSPS) is 19.5. The molecule has 0 bridgehead atoms. The lowest BCUT2D eigenvalue weighted by Crippen LogP contribution is -2.67. The number of amides is 3. The molecule has 0 aliphatic carbocycles. The molecular formula is C23H10BrCl4FN2O3. The molecule has 2 aliphatic rings. The number of halogens is 6. The van der Waals surface area contributed by atoms with Crippen molar-refractivity contribution >= 4 is 85.7 Å². The van der Waals surface area contributed by atoms with Crippen LogP contribution in [-0.4, -0.2) is 28.7 Å². The van der Waals surface area contributed by atoms with Crippen molar-refractivity contribution in [2.45, 2.75) is 12.1 Å². The number of fused-ring (bicyclic) bond motifs is 1. The van der Waals surface area contributed by atoms with Gasteiger partial charge in [-0.3, -0.25) is 19.3 Å². The molecule has 2 aliphatic heterocycles. The van der Waals surface area contributed by atoms with E-state index in [1.807, 2.05) is 0 Å². The molecule has 11 heteroatoms. The van der Waals surface area contributed by atoms with Crippen LogP contribution in [0.1, 0.15) is 32.3 Å². The van der Waals surface area contributed by atoms with Crippen molar-refractivity contribution in [3.05, 3.63) is 95.6 Å². The van der Waals surface area contributed by atoms with Gasteiger partial charge in [-0.15, -0.1) is 0 Å². The molecule has 3 aromatic rings. The van der Waals surface area contributed by atoms with Gasteiger partial charge in [-0.05, 0) is 42.0 Å². The largest absolute Gasteiger partial charge is 0.300 e. The van der Waals surface area contributed by atoms with E-state index in [2.05, 4.69) is 15.9 Å². The Morgan fingerprint density at radius 2 is 1.29 bits per heavy atom. The van der Waals surface area contributed by atoms with Gasteiger partial charge in [-0.25, -0.2) is 4.39 Å². The van der Waals surface area contributed by atoms with E-state index >= 15 is 0 Å². The van der Waals surface area contributed by atoms with E-state index in [0.717, 1.165) is 9.37 Å². The van der Waals surface area contributed by atoms with Crippen molar-refractivity contribution < 1.29 is 18.8 Å². The minimum absolute atomic E-state index is 0.173. The van der Waals surface area contributed by atoms with E-state index in [4.69, 9.17) is 46.4 Å². The smallest absolute Gasteiger partial charge is 0.264 e. The molecule has 0 aromatic heterocycles. The summed E-state index contributed by atoms with van der Waals surface area (Å²) in [7, 11) is 0. The molecule has 0 N–H and O–H groups in total. The second-order valence-electron chi connectivity index (χ2n) is 7.62. The van der Waals surface area contributed by atoms with Crippen LogP contribution in [0.25, 0.3) is 0 Å². The number of rotatable bonds is 3. The topological polar surface area (TPSA) is 57.7 Å². The van der Waals surface area contributed by atoms with Crippen molar-refractivity contribution in [2.75, 3.05) is 4.90 Å². The molecule has 172 valence electrons. The zero-order valence-corrected chi connectivity index (χ0v) is 21.3. The van der Waals surface area contributed by atoms with Gasteiger partial charge in [-0.2, -0.15) is 0 Å². The van der Waals surface area contributed by atoms with Crippen LogP contribution in [0.2, 0.25) is 20.1 Å². The van der Waals surface area contributed by atoms with Crippen LogP contribution in [0.4, 0.5) is 10.1 Å². The molecule has 1 fully saturated rings. The molecule has 5 rings (SSSR count). The standard InChI is InChI=1S/C23H10BrCl4FN2O3/c24-10-4-6-12(7-5-10)30-19(9-2-1-3-11(29)8-9)20(23(30)34)31-21(32)13-14(22(31)33)16(26)18(28)17(27)15(13)25/h1-8,19-20H/t19-,20-/m0/s1. The fourth-order valence-electron chi connectivity index (χ4n) is 4.26. The van der Waals surface area contributed by atoms with Crippen LogP contribution in [-0.2, 0) is 4.79 Å². The third-order valence-corrected chi connectivity index (χ3v) is 8.10. The van der Waals surface area contributed by atoms with Gasteiger partial charge in [0, 0.05) is 10.2 Å². The van der Waals surface area contributed by atoms with Gasteiger partial charge in [0.1, 0.15) is 11.9 Å². The van der Waals surface area contributed by atoms with Gasteiger partial charge in [0.25, 0.3) is 17.7 Å². The Morgan fingerprint density at radius 3 is 1.82 bits per heavy atom. The molecule has 0 saturated carbocycles. The monoisotopic (exact) mass is 600 g/mol. The number of nitrogens with zero attached hydrogens (tertiary/aromatic N) is 2. The number of anilines is 1. The van der Waals surface area contributed by atoms with Crippen molar-refractivity contribution in [1.29, 1.82) is 0 Å². The first-order chi connectivity index (χ1) is 16.1. The maximum Gasteiger partial charge on any atom is 0.264 e. The molecule has 34 heavy (non-hydrogen) atoms. The first-order valence-corrected chi connectivity index (χ1v) is 12.0. The molecule has 0 unspecified atom stereocenters. The van der Waals surface area contributed by atoms with Gasteiger partial charge in [0.05, 0.1) is 37.3 Å². The SMILES string of the molecule is O=C1c2c(Cl)c(Cl)c(Cl)c(Cl)c2C(=O)N1[C@@H]1C(=O)N(c2ccc(Br)cc2)[C@H]1c1cccc(F)c1. The van der Waals surface area contributed by atoms with E-state index in [0.29, 0.717) is 11.3 Å². The molecule has 5 nitrogen and oxygen atoms in total. The molecule has 0 radical (unpaired) electrons. The lowest BCUT2D eigenvalue weighted by molar-refractivity contribution is -0.130. The first kappa shape index (κ1) is 23.6. The maximum atomic E-state index is 14.1. The highest BCUT2D eigenvalue weighted by molar-refractivity contribution is 9.10. The quantitative estimate of drug-likeness (QED) is 0.141. The van der Waals surface area contributed by atoms with Gasteiger partial charge in [0.2, 0.25) is 0 Å². The van der Waals surface area contributed by atoms with Crippen LogP contribution in [0, 0.1) is 5.82 Å². The Labute approximate surface area is 221 Å². The Kier molecular flexibility index (Phi) is 5.89. The number of carbonyl (C=O) groups is 3. The summed E-state index contributed by atoms with van der Waals surface area (Å²) in [6.45, 7) is 0. The highest BCUT2D eigenvalue weighted by atomic mass is 79.9. The summed E-state index contributed by atoms with van der Waals surface area (Å²) in [5, 5.41) is -0.808. The van der Waals surface area contributed by atoms with E-state index in [1.54, 1.807) is 30.3 Å². The van der Waals surface area contributed by atoms with Crippen molar-refractivity contribution in [2.24, 2.45) is 0 Å². The molecule has 0 spiro atoms. The van der Waals surface area contributed by atoms with Crippen molar-refractivity contribution in [3.8, 4) is 0 Å². The van der Waals surface area contributed by atoms with Gasteiger partial charge in [0.15, 0.2) is 0 Å². The Balaban J connectivity index is 1.64. The van der Waals surface area contributed by atoms with E-state index in [-0.39, 0.29) is 31.2 Å². The molecular weight excluding hydrogens is 593 g/mol. The Hall–Kier alpha value is -2.16. The second-order valence-corrected chi connectivity index (χ2v) is 10.0. The highest BCUT2D eigenvalue weighted by Gasteiger charge is 2.58.